The van der Waals surface area contributed by atoms with Gasteiger partial charge in [0.2, 0.25) is 17.6 Å². The van der Waals surface area contributed by atoms with Crippen LogP contribution < -0.4 is 5.32 Å². The van der Waals surface area contributed by atoms with E-state index in [2.05, 4.69) is 15.5 Å². The molecule has 0 unspecified atom stereocenters. The quantitative estimate of drug-likeness (QED) is 0.733. The average Bonchev–Trinajstić information content (AvgIpc) is 3.06. The van der Waals surface area contributed by atoms with Crippen LogP contribution in [0.3, 0.4) is 0 Å². The first kappa shape index (κ1) is 16.8. The Balaban J connectivity index is 1.50. The van der Waals surface area contributed by atoms with Crippen molar-refractivity contribution >= 4 is 11.6 Å². The molecule has 0 aliphatic carbocycles. The van der Waals surface area contributed by atoms with Crippen molar-refractivity contribution in [3.63, 3.8) is 0 Å². The van der Waals surface area contributed by atoms with Crippen LogP contribution in [0, 0.1) is 12.7 Å². The lowest BCUT2D eigenvalue weighted by molar-refractivity contribution is -0.116. The highest BCUT2D eigenvalue weighted by molar-refractivity contribution is 5.91. The van der Waals surface area contributed by atoms with Crippen LogP contribution in [0.15, 0.2) is 53.1 Å². The first-order valence-corrected chi connectivity index (χ1v) is 8.06. The Morgan fingerprint density at radius 2 is 1.92 bits per heavy atom. The fourth-order valence-electron chi connectivity index (χ4n) is 2.40. The average molecular weight is 339 g/mol. The van der Waals surface area contributed by atoms with Gasteiger partial charge in [-0.1, -0.05) is 23.4 Å². The van der Waals surface area contributed by atoms with E-state index < -0.39 is 0 Å². The molecule has 0 spiro atoms. The Hall–Kier alpha value is -3.02. The van der Waals surface area contributed by atoms with E-state index in [0.29, 0.717) is 36.5 Å². The number of aryl methyl sites for hydroxylation is 2. The summed E-state index contributed by atoms with van der Waals surface area (Å²) in [5.74, 6) is 0.516. The van der Waals surface area contributed by atoms with Gasteiger partial charge in [-0.3, -0.25) is 4.79 Å². The van der Waals surface area contributed by atoms with Crippen molar-refractivity contribution in [1.29, 1.82) is 0 Å². The Bertz CT molecular complexity index is 859. The summed E-state index contributed by atoms with van der Waals surface area (Å²) in [5, 5.41) is 6.78. The third-order valence-corrected chi connectivity index (χ3v) is 3.78. The number of carbonyl (C=O) groups is 1. The molecule has 25 heavy (non-hydrogen) atoms. The second kappa shape index (κ2) is 7.70. The number of nitrogens with zero attached hydrogens (tertiary/aromatic N) is 2. The van der Waals surface area contributed by atoms with E-state index in [1.165, 1.54) is 12.1 Å². The van der Waals surface area contributed by atoms with E-state index in [-0.39, 0.29) is 11.7 Å². The molecule has 0 radical (unpaired) electrons. The molecule has 3 aromatic rings. The van der Waals surface area contributed by atoms with Gasteiger partial charge in [0.15, 0.2) is 0 Å². The molecule has 0 fully saturated rings. The summed E-state index contributed by atoms with van der Waals surface area (Å²) in [5.41, 5.74) is 2.54. The van der Waals surface area contributed by atoms with Crippen LogP contribution in [-0.2, 0) is 11.2 Å². The van der Waals surface area contributed by atoms with Crippen molar-refractivity contribution in [1.82, 2.24) is 10.1 Å². The van der Waals surface area contributed by atoms with Gasteiger partial charge in [0, 0.05) is 24.1 Å². The summed E-state index contributed by atoms with van der Waals surface area (Å²) < 4.78 is 18.1. The molecule has 0 saturated carbocycles. The van der Waals surface area contributed by atoms with Gasteiger partial charge in [0.25, 0.3) is 0 Å². The van der Waals surface area contributed by atoms with Crippen LogP contribution in [-0.4, -0.2) is 16.0 Å². The predicted molar refractivity (Wildman–Crippen MR) is 92.4 cm³/mol. The second-order valence-electron chi connectivity index (χ2n) is 5.74. The topological polar surface area (TPSA) is 68.0 Å². The highest BCUT2D eigenvalue weighted by atomic mass is 19.1. The van der Waals surface area contributed by atoms with E-state index in [0.717, 1.165) is 11.3 Å². The van der Waals surface area contributed by atoms with Gasteiger partial charge in [-0.2, -0.15) is 4.98 Å². The minimum atomic E-state index is -0.313. The van der Waals surface area contributed by atoms with Crippen LogP contribution in [0.25, 0.3) is 11.4 Å². The summed E-state index contributed by atoms with van der Waals surface area (Å²) in [6.07, 6.45) is 1.47. The molecule has 6 heteroatoms. The molecule has 1 amide bonds. The number of hydrogen-bond donors (Lipinski definition) is 1. The van der Waals surface area contributed by atoms with Crippen LogP contribution >= 0.6 is 0 Å². The number of rotatable bonds is 6. The third kappa shape index (κ3) is 4.50. The number of aromatic nitrogens is 2. The van der Waals surface area contributed by atoms with E-state index in [4.69, 9.17) is 4.52 Å². The van der Waals surface area contributed by atoms with Gasteiger partial charge < -0.3 is 9.84 Å². The first-order chi connectivity index (χ1) is 12.1. The van der Waals surface area contributed by atoms with Crippen molar-refractivity contribution in [2.75, 3.05) is 5.32 Å². The number of para-hydroxylation sites is 1. The Morgan fingerprint density at radius 3 is 2.68 bits per heavy atom. The monoisotopic (exact) mass is 339 g/mol. The summed E-state index contributed by atoms with van der Waals surface area (Å²) in [4.78, 5) is 16.3. The number of amides is 1. The van der Waals surface area contributed by atoms with Crippen molar-refractivity contribution in [2.45, 2.75) is 26.2 Å². The smallest absolute Gasteiger partial charge is 0.226 e. The summed E-state index contributed by atoms with van der Waals surface area (Å²) in [6.45, 7) is 1.95. The zero-order chi connectivity index (χ0) is 17.6. The molecule has 1 aromatic heterocycles. The molecule has 0 saturated heterocycles. The lowest BCUT2D eigenvalue weighted by Gasteiger charge is -2.07. The van der Waals surface area contributed by atoms with Crippen molar-refractivity contribution in [3.05, 3.63) is 65.8 Å². The Labute approximate surface area is 144 Å². The Morgan fingerprint density at radius 1 is 1.16 bits per heavy atom. The molecule has 0 atom stereocenters. The normalized spacial score (nSPS) is 10.6. The molecule has 5 nitrogen and oxygen atoms in total. The van der Waals surface area contributed by atoms with E-state index in [9.17, 15) is 9.18 Å². The summed E-state index contributed by atoms with van der Waals surface area (Å²) in [6, 6.07) is 13.5. The van der Waals surface area contributed by atoms with Crippen molar-refractivity contribution in [2.24, 2.45) is 0 Å². The lowest BCUT2D eigenvalue weighted by Crippen LogP contribution is -2.12. The van der Waals surface area contributed by atoms with E-state index in [1.54, 1.807) is 12.1 Å². The highest BCUT2D eigenvalue weighted by Gasteiger charge is 2.10. The fourth-order valence-corrected chi connectivity index (χ4v) is 2.40. The number of carbonyl (C=O) groups excluding carboxylic acids is 1. The van der Waals surface area contributed by atoms with Gasteiger partial charge in [-0.15, -0.1) is 0 Å². The van der Waals surface area contributed by atoms with Crippen LogP contribution in [0.5, 0.6) is 0 Å². The zero-order valence-electron chi connectivity index (χ0n) is 13.8. The van der Waals surface area contributed by atoms with Gasteiger partial charge in [0.05, 0.1) is 0 Å². The van der Waals surface area contributed by atoms with Crippen LogP contribution in [0.4, 0.5) is 10.1 Å². The van der Waals surface area contributed by atoms with Crippen molar-refractivity contribution < 1.29 is 13.7 Å². The molecule has 128 valence electrons. The van der Waals surface area contributed by atoms with Gasteiger partial charge >= 0.3 is 0 Å². The number of hydrogen-bond acceptors (Lipinski definition) is 4. The maximum Gasteiger partial charge on any atom is 0.226 e. The van der Waals surface area contributed by atoms with Crippen molar-refractivity contribution in [3.8, 4) is 11.4 Å². The standard InChI is InChI=1S/C19H18FN3O2/c1-13-5-2-3-6-16(13)21-17(24)7-4-8-18-22-19(23-25-18)14-9-11-15(20)12-10-14/h2-3,5-6,9-12H,4,7-8H2,1H3,(H,21,24). The maximum absolute atomic E-state index is 12.9. The maximum atomic E-state index is 12.9. The molecule has 0 aliphatic rings. The summed E-state index contributed by atoms with van der Waals surface area (Å²) in [7, 11) is 0. The molecule has 1 heterocycles. The number of nitrogens with one attached hydrogen (secondary N) is 1. The first-order valence-electron chi connectivity index (χ1n) is 8.06. The molecular weight excluding hydrogens is 321 g/mol. The van der Waals surface area contributed by atoms with Gasteiger partial charge in [-0.05, 0) is 49.2 Å². The van der Waals surface area contributed by atoms with Crippen LogP contribution in [0.2, 0.25) is 0 Å². The number of benzene rings is 2. The number of anilines is 1. The fraction of sp³-hybridized carbons (Fsp3) is 0.211. The SMILES string of the molecule is Cc1ccccc1NC(=O)CCCc1nc(-c2ccc(F)cc2)no1. The largest absolute Gasteiger partial charge is 0.339 e. The number of halogens is 1. The molecule has 1 N–H and O–H groups in total. The predicted octanol–water partition coefficient (Wildman–Crippen LogP) is 4.15. The van der Waals surface area contributed by atoms with Gasteiger partial charge in [0.1, 0.15) is 5.82 Å². The highest BCUT2D eigenvalue weighted by Crippen LogP contribution is 2.17. The minimum Gasteiger partial charge on any atom is -0.339 e. The summed E-state index contributed by atoms with van der Waals surface area (Å²) >= 11 is 0. The van der Waals surface area contributed by atoms with Gasteiger partial charge in [-0.25, -0.2) is 4.39 Å². The lowest BCUT2D eigenvalue weighted by atomic mass is 10.2. The Kier molecular flexibility index (Phi) is 5.18. The molecule has 3 rings (SSSR count). The molecular formula is C19H18FN3O2. The van der Waals surface area contributed by atoms with E-state index >= 15 is 0 Å². The third-order valence-electron chi connectivity index (χ3n) is 3.78. The van der Waals surface area contributed by atoms with E-state index in [1.807, 2.05) is 31.2 Å². The van der Waals surface area contributed by atoms with Crippen LogP contribution in [0.1, 0.15) is 24.3 Å². The molecule has 0 bridgehead atoms. The molecule has 2 aromatic carbocycles. The molecule has 0 aliphatic heterocycles. The second-order valence-corrected chi connectivity index (χ2v) is 5.74. The zero-order valence-corrected chi connectivity index (χ0v) is 13.8. The minimum absolute atomic E-state index is 0.0485.